The number of likely N-dealkylation sites (tertiary alicyclic amines) is 1. The summed E-state index contributed by atoms with van der Waals surface area (Å²) in [4.78, 5) is 17.2. The van der Waals surface area contributed by atoms with E-state index < -0.39 is 0 Å². The number of ether oxygens (including phenoxy) is 1. The molecule has 5 heteroatoms. The summed E-state index contributed by atoms with van der Waals surface area (Å²) < 4.78 is 4.92. The zero-order valence-corrected chi connectivity index (χ0v) is 14.4. The molecule has 4 nitrogen and oxygen atoms in total. The van der Waals surface area contributed by atoms with Crippen molar-refractivity contribution in [1.82, 2.24) is 10.2 Å². The molecule has 0 aromatic carbocycles. The summed E-state index contributed by atoms with van der Waals surface area (Å²) in [6.07, 6.45) is 4.79. The van der Waals surface area contributed by atoms with E-state index in [-0.39, 0.29) is 12.5 Å². The Morgan fingerprint density at radius 3 is 2.73 bits per heavy atom. The largest absolute Gasteiger partial charge is 0.375 e. The van der Waals surface area contributed by atoms with Gasteiger partial charge in [-0.15, -0.1) is 11.3 Å². The first kappa shape index (κ1) is 16.0. The monoisotopic (exact) mass is 322 g/mol. The minimum absolute atomic E-state index is 0.0306. The molecule has 1 N–H and O–H groups in total. The maximum Gasteiger partial charge on any atom is 0.246 e. The molecule has 22 heavy (non-hydrogen) atoms. The Hall–Kier alpha value is -0.910. The van der Waals surface area contributed by atoms with E-state index >= 15 is 0 Å². The number of rotatable bonds is 5. The Kier molecular flexibility index (Phi) is 4.85. The molecule has 1 aliphatic carbocycles. The third-order valence-corrected chi connectivity index (χ3v) is 6.29. The molecule has 0 radical (unpaired) electrons. The van der Waals surface area contributed by atoms with Crippen LogP contribution >= 0.6 is 11.3 Å². The molecule has 1 aliphatic heterocycles. The molecule has 3 rings (SSSR count). The lowest BCUT2D eigenvalue weighted by molar-refractivity contribution is -0.129. The lowest BCUT2D eigenvalue weighted by Crippen LogP contribution is -2.59. The number of aryl methyl sites for hydroxylation is 1. The SMILES string of the molecule is COCC(=O)NC1CCC12CCN(Cc1ccc(C)s1)CC2. The highest BCUT2D eigenvalue weighted by Crippen LogP contribution is 2.49. The predicted molar refractivity (Wildman–Crippen MR) is 89.0 cm³/mol. The Morgan fingerprint density at radius 1 is 1.41 bits per heavy atom. The van der Waals surface area contributed by atoms with Crippen molar-refractivity contribution in [2.45, 2.75) is 45.2 Å². The van der Waals surface area contributed by atoms with Crippen LogP contribution in [0.1, 0.15) is 35.4 Å². The Balaban J connectivity index is 1.49. The highest BCUT2D eigenvalue weighted by Gasteiger charge is 2.48. The van der Waals surface area contributed by atoms with Gasteiger partial charge in [-0.2, -0.15) is 0 Å². The first-order chi connectivity index (χ1) is 10.6. The second-order valence-corrected chi connectivity index (χ2v) is 8.12. The third kappa shape index (κ3) is 3.36. The van der Waals surface area contributed by atoms with Crippen LogP contribution in [0.5, 0.6) is 0 Å². The van der Waals surface area contributed by atoms with Crippen LogP contribution in [0.4, 0.5) is 0 Å². The van der Waals surface area contributed by atoms with E-state index in [0.29, 0.717) is 11.5 Å². The number of carbonyl (C=O) groups is 1. The molecule has 1 amide bonds. The van der Waals surface area contributed by atoms with Crippen LogP contribution < -0.4 is 5.32 Å². The van der Waals surface area contributed by atoms with Crippen LogP contribution in [0.15, 0.2) is 12.1 Å². The van der Waals surface area contributed by atoms with Crippen molar-refractivity contribution in [1.29, 1.82) is 0 Å². The van der Waals surface area contributed by atoms with Crippen LogP contribution in [0.25, 0.3) is 0 Å². The topological polar surface area (TPSA) is 41.6 Å². The minimum atomic E-state index is 0.0306. The molecule has 0 bridgehead atoms. The lowest BCUT2D eigenvalue weighted by Gasteiger charge is -2.54. The van der Waals surface area contributed by atoms with Crippen molar-refractivity contribution in [3.63, 3.8) is 0 Å². The van der Waals surface area contributed by atoms with Crippen molar-refractivity contribution in [2.75, 3.05) is 26.8 Å². The summed E-state index contributed by atoms with van der Waals surface area (Å²) in [6.45, 7) is 5.72. The quantitative estimate of drug-likeness (QED) is 0.906. The average molecular weight is 322 g/mol. The minimum Gasteiger partial charge on any atom is -0.375 e. The summed E-state index contributed by atoms with van der Waals surface area (Å²) >= 11 is 1.90. The highest BCUT2D eigenvalue weighted by molar-refractivity contribution is 7.11. The van der Waals surface area contributed by atoms with E-state index in [1.165, 1.54) is 29.0 Å². The van der Waals surface area contributed by atoms with Crippen molar-refractivity contribution in [3.05, 3.63) is 21.9 Å². The molecule has 1 saturated heterocycles. The Bertz CT molecular complexity index is 520. The van der Waals surface area contributed by atoms with Crippen LogP contribution in [-0.4, -0.2) is 43.7 Å². The smallest absolute Gasteiger partial charge is 0.246 e. The van der Waals surface area contributed by atoms with E-state index in [4.69, 9.17) is 4.74 Å². The summed E-state index contributed by atoms with van der Waals surface area (Å²) in [7, 11) is 1.57. The molecular formula is C17H26N2O2S. The lowest BCUT2D eigenvalue weighted by atomic mass is 9.59. The van der Waals surface area contributed by atoms with Gasteiger partial charge in [-0.3, -0.25) is 9.69 Å². The molecule has 1 aromatic rings. The van der Waals surface area contributed by atoms with Gasteiger partial charge >= 0.3 is 0 Å². The van der Waals surface area contributed by atoms with Crippen LogP contribution in [0.3, 0.4) is 0 Å². The number of amides is 1. The average Bonchev–Trinajstić information content (AvgIpc) is 2.90. The zero-order chi connectivity index (χ0) is 15.6. The van der Waals surface area contributed by atoms with Gasteiger partial charge in [-0.25, -0.2) is 0 Å². The first-order valence-corrected chi connectivity index (χ1v) is 8.99. The van der Waals surface area contributed by atoms with Crippen LogP contribution in [0.2, 0.25) is 0 Å². The normalized spacial score (nSPS) is 24.2. The van der Waals surface area contributed by atoms with Gasteiger partial charge in [-0.1, -0.05) is 0 Å². The van der Waals surface area contributed by atoms with E-state index in [9.17, 15) is 4.79 Å². The van der Waals surface area contributed by atoms with Crippen molar-refractivity contribution < 1.29 is 9.53 Å². The second-order valence-electron chi connectivity index (χ2n) is 6.74. The molecule has 1 unspecified atom stereocenters. The van der Waals surface area contributed by atoms with E-state index in [0.717, 1.165) is 26.1 Å². The van der Waals surface area contributed by atoms with Crippen molar-refractivity contribution in [2.24, 2.45) is 5.41 Å². The molecule has 1 spiro atoms. The molecule has 1 aromatic heterocycles. The number of hydrogen-bond acceptors (Lipinski definition) is 4. The van der Waals surface area contributed by atoms with Gasteiger partial charge in [-0.05, 0) is 63.2 Å². The van der Waals surface area contributed by atoms with E-state index in [2.05, 4.69) is 29.3 Å². The maximum atomic E-state index is 11.7. The molecule has 1 saturated carbocycles. The molecule has 2 fully saturated rings. The van der Waals surface area contributed by atoms with Gasteiger partial charge in [0.15, 0.2) is 0 Å². The maximum absolute atomic E-state index is 11.7. The van der Waals surface area contributed by atoms with Crippen molar-refractivity contribution >= 4 is 17.2 Å². The van der Waals surface area contributed by atoms with Gasteiger partial charge in [0.25, 0.3) is 0 Å². The third-order valence-electron chi connectivity index (χ3n) is 5.31. The van der Waals surface area contributed by atoms with Gasteiger partial charge in [0.05, 0.1) is 0 Å². The van der Waals surface area contributed by atoms with Gasteiger partial charge in [0.2, 0.25) is 5.91 Å². The molecule has 1 atom stereocenters. The number of hydrogen-bond donors (Lipinski definition) is 1. The number of thiophene rings is 1. The molecular weight excluding hydrogens is 296 g/mol. The van der Waals surface area contributed by atoms with Gasteiger partial charge in [0, 0.05) is 29.5 Å². The number of carbonyl (C=O) groups excluding carboxylic acids is 1. The summed E-state index contributed by atoms with van der Waals surface area (Å²) in [5.74, 6) is 0.0306. The number of nitrogens with one attached hydrogen (secondary N) is 1. The number of methoxy groups -OCH3 is 1. The molecule has 2 heterocycles. The highest BCUT2D eigenvalue weighted by atomic mass is 32.1. The first-order valence-electron chi connectivity index (χ1n) is 8.17. The molecule has 2 aliphatic rings. The van der Waals surface area contributed by atoms with Gasteiger partial charge < -0.3 is 10.1 Å². The standard InChI is InChI=1S/C17H26N2O2S/c1-13-3-4-14(22-13)11-19-9-7-17(8-10-19)6-5-15(17)18-16(20)12-21-2/h3-4,15H,5-12H2,1-2H3,(H,18,20). The zero-order valence-electron chi connectivity index (χ0n) is 13.6. The van der Waals surface area contributed by atoms with Crippen LogP contribution in [-0.2, 0) is 16.1 Å². The molecule has 122 valence electrons. The fourth-order valence-electron chi connectivity index (χ4n) is 3.83. The Labute approximate surface area is 136 Å². The summed E-state index contributed by atoms with van der Waals surface area (Å²) in [5, 5.41) is 3.17. The fourth-order valence-corrected chi connectivity index (χ4v) is 4.77. The Morgan fingerprint density at radius 2 is 2.18 bits per heavy atom. The predicted octanol–water partition coefficient (Wildman–Crippen LogP) is 2.56. The van der Waals surface area contributed by atoms with Gasteiger partial charge in [0.1, 0.15) is 6.61 Å². The summed E-state index contributed by atoms with van der Waals surface area (Å²) in [6, 6.07) is 4.82. The fraction of sp³-hybridized carbons (Fsp3) is 0.706. The van der Waals surface area contributed by atoms with Crippen molar-refractivity contribution in [3.8, 4) is 0 Å². The number of piperidine rings is 1. The number of nitrogens with zero attached hydrogens (tertiary/aromatic N) is 1. The van der Waals surface area contributed by atoms with E-state index in [1.807, 2.05) is 11.3 Å². The summed E-state index contributed by atoms with van der Waals surface area (Å²) in [5.41, 5.74) is 0.352. The second kappa shape index (κ2) is 6.69. The van der Waals surface area contributed by atoms with Crippen LogP contribution in [0, 0.1) is 12.3 Å². The van der Waals surface area contributed by atoms with E-state index in [1.54, 1.807) is 7.11 Å².